The number of carbonyl (C=O) groups excluding carboxylic acids is 2. The van der Waals surface area contributed by atoms with E-state index in [0.717, 1.165) is 11.1 Å². The van der Waals surface area contributed by atoms with Gasteiger partial charge in [0.1, 0.15) is 24.4 Å². The van der Waals surface area contributed by atoms with Crippen molar-refractivity contribution in [1.82, 2.24) is 5.06 Å². The molecular formula is C29H29NO8. The lowest BCUT2D eigenvalue weighted by Crippen LogP contribution is -2.53. The second-order valence-electron chi connectivity index (χ2n) is 9.20. The Morgan fingerprint density at radius 3 is 1.95 bits per heavy atom. The summed E-state index contributed by atoms with van der Waals surface area (Å²) in [6.07, 6.45) is -3.18. The van der Waals surface area contributed by atoms with Crippen LogP contribution < -0.4 is 0 Å². The summed E-state index contributed by atoms with van der Waals surface area (Å²) in [7, 11) is 1.41. The van der Waals surface area contributed by atoms with Crippen LogP contribution in [-0.4, -0.2) is 66.4 Å². The molecular weight excluding hydrogens is 490 g/mol. The van der Waals surface area contributed by atoms with E-state index in [2.05, 4.69) is 0 Å². The van der Waals surface area contributed by atoms with Gasteiger partial charge in [-0.15, -0.1) is 5.06 Å². The number of hydroxylamine groups is 2. The minimum Gasteiger partial charge on any atom is -0.385 e. The van der Waals surface area contributed by atoms with Crippen LogP contribution in [0.5, 0.6) is 0 Å². The van der Waals surface area contributed by atoms with Crippen LogP contribution in [0.3, 0.4) is 0 Å². The van der Waals surface area contributed by atoms with Crippen LogP contribution in [0.15, 0.2) is 84.9 Å². The molecule has 5 rings (SSSR count). The fourth-order valence-corrected chi connectivity index (χ4v) is 4.67. The Labute approximate surface area is 220 Å². The zero-order valence-electron chi connectivity index (χ0n) is 20.9. The van der Waals surface area contributed by atoms with Gasteiger partial charge >= 0.3 is 0 Å². The number of aliphatic hydroxyl groups is 1. The van der Waals surface area contributed by atoms with Gasteiger partial charge < -0.3 is 24.1 Å². The molecule has 9 nitrogen and oxygen atoms in total. The maximum Gasteiger partial charge on any atom is 0.285 e. The summed E-state index contributed by atoms with van der Waals surface area (Å²) in [5.41, 5.74) is 0.934. The fraction of sp³-hybridized carbons (Fsp3) is 0.310. The summed E-state index contributed by atoms with van der Waals surface area (Å²) in [5, 5.41) is 11.8. The van der Waals surface area contributed by atoms with Gasteiger partial charge in [-0.1, -0.05) is 72.8 Å². The van der Waals surface area contributed by atoms with Crippen LogP contribution in [0.25, 0.3) is 0 Å². The molecule has 38 heavy (non-hydrogen) atoms. The van der Waals surface area contributed by atoms with E-state index in [1.807, 2.05) is 60.7 Å². The first-order valence-electron chi connectivity index (χ1n) is 12.3. The first kappa shape index (κ1) is 26.2. The third-order valence-electron chi connectivity index (χ3n) is 6.62. The molecule has 198 valence electrons. The number of rotatable bonds is 11. The van der Waals surface area contributed by atoms with Gasteiger partial charge in [-0.25, -0.2) is 0 Å². The molecule has 2 heterocycles. The second kappa shape index (κ2) is 11.5. The molecule has 1 N–H and O–H groups in total. The maximum absolute atomic E-state index is 12.9. The van der Waals surface area contributed by atoms with Crippen molar-refractivity contribution in [1.29, 1.82) is 0 Å². The number of nitrogens with zero attached hydrogens (tertiary/aromatic N) is 1. The molecule has 0 aliphatic carbocycles. The average Bonchev–Trinajstić information content (AvgIpc) is 3.36. The molecule has 1 saturated heterocycles. The van der Waals surface area contributed by atoms with Crippen LogP contribution in [0, 0.1) is 0 Å². The Kier molecular flexibility index (Phi) is 7.94. The third-order valence-corrected chi connectivity index (χ3v) is 6.62. The molecule has 3 aromatic carbocycles. The van der Waals surface area contributed by atoms with Crippen LogP contribution >= 0.6 is 0 Å². The quantitative estimate of drug-likeness (QED) is 0.386. The summed E-state index contributed by atoms with van der Waals surface area (Å²) in [6, 6.07) is 25.5. The lowest BCUT2D eigenvalue weighted by Gasteiger charge is -2.34. The molecule has 2 aliphatic rings. The molecule has 3 aromatic rings. The molecule has 2 amide bonds. The van der Waals surface area contributed by atoms with Crippen molar-refractivity contribution < 1.29 is 38.5 Å². The summed E-state index contributed by atoms with van der Waals surface area (Å²) >= 11 is 0. The van der Waals surface area contributed by atoms with Gasteiger partial charge in [-0.3, -0.25) is 14.4 Å². The third kappa shape index (κ3) is 5.25. The van der Waals surface area contributed by atoms with Gasteiger partial charge in [0.25, 0.3) is 11.8 Å². The minimum atomic E-state index is -1.40. The van der Waals surface area contributed by atoms with E-state index >= 15 is 0 Å². The van der Waals surface area contributed by atoms with Gasteiger partial charge in [0.05, 0.1) is 30.9 Å². The molecule has 0 radical (unpaired) electrons. The Bertz CT molecular complexity index is 1220. The zero-order chi connectivity index (χ0) is 26.5. The molecule has 4 unspecified atom stereocenters. The van der Waals surface area contributed by atoms with Crippen molar-refractivity contribution in [3.63, 3.8) is 0 Å². The van der Waals surface area contributed by atoms with Gasteiger partial charge in [0.2, 0.25) is 0 Å². The highest BCUT2D eigenvalue weighted by molar-refractivity contribution is 6.20. The molecule has 2 aliphatic heterocycles. The highest BCUT2D eigenvalue weighted by Crippen LogP contribution is 2.37. The van der Waals surface area contributed by atoms with Crippen LogP contribution in [-0.2, 0) is 37.0 Å². The van der Waals surface area contributed by atoms with Gasteiger partial charge in [-0.2, -0.15) is 0 Å². The molecule has 4 atom stereocenters. The molecule has 0 spiro atoms. The Balaban J connectivity index is 1.38. The van der Waals surface area contributed by atoms with Gasteiger partial charge in [-0.05, 0) is 23.3 Å². The van der Waals surface area contributed by atoms with Crippen molar-refractivity contribution in [3.05, 3.63) is 107 Å². The van der Waals surface area contributed by atoms with Gasteiger partial charge in [0.15, 0.2) is 6.29 Å². The van der Waals surface area contributed by atoms with Crippen molar-refractivity contribution in [2.24, 2.45) is 0 Å². The maximum atomic E-state index is 12.9. The smallest absolute Gasteiger partial charge is 0.285 e. The van der Waals surface area contributed by atoms with Crippen LogP contribution in [0.4, 0.5) is 0 Å². The van der Waals surface area contributed by atoms with E-state index in [1.54, 1.807) is 24.3 Å². The van der Waals surface area contributed by atoms with E-state index in [1.165, 1.54) is 7.11 Å². The first-order valence-corrected chi connectivity index (χ1v) is 12.3. The lowest BCUT2D eigenvalue weighted by molar-refractivity contribution is -0.236. The Hall–Kier alpha value is -3.44. The van der Waals surface area contributed by atoms with E-state index in [-0.39, 0.29) is 37.6 Å². The van der Waals surface area contributed by atoms with Crippen molar-refractivity contribution in [3.8, 4) is 0 Å². The van der Waals surface area contributed by atoms with Crippen molar-refractivity contribution in [2.75, 3.05) is 20.3 Å². The number of ether oxygens (including phenoxy) is 4. The van der Waals surface area contributed by atoms with Crippen molar-refractivity contribution >= 4 is 11.8 Å². The molecule has 9 heteroatoms. The Morgan fingerprint density at radius 1 is 0.816 bits per heavy atom. The first-order chi connectivity index (χ1) is 18.5. The van der Waals surface area contributed by atoms with Crippen molar-refractivity contribution in [2.45, 2.75) is 37.3 Å². The number of fused-ring (bicyclic) bond motifs is 1. The molecule has 0 saturated carbocycles. The number of imide groups is 1. The number of amides is 2. The molecule has 0 bridgehead atoms. The number of benzene rings is 3. The monoisotopic (exact) mass is 519 g/mol. The molecule has 1 fully saturated rings. The van der Waals surface area contributed by atoms with Crippen LogP contribution in [0.2, 0.25) is 0 Å². The minimum absolute atomic E-state index is 0.0680. The number of hydrogen-bond acceptors (Lipinski definition) is 8. The zero-order valence-corrected chi connectivity index (χ0v) is 20.9. The number of aliphatic hydroxyl groups excluding tert-OH is 1. The van der Waals surface area contributed by atoms with Crippen LogP contribution in [0.1, 0.15) is 31.8 Å². The fourth-order valence-electron chi connectivity index (χ4n) is 4.67. The predicted octanol–water partition coefficient (Wildman–Crippen LogP) is 3.12. The normalized spacial score (nSPS) is 24.7. The standard InChI is InChI=1S/C29H29NO8/c1-34-28-24(31)25(36-17-21-12-6-3-7-13-21)29(38-28,18-35-16-20-10-4-2-5-11-20)19-37-30-26(32)22-14-8-9-15-23(22)27(30)33/h2-15,24-25,28,31H,16-19H2,1H3. The van der Waals surface area contributed by atoms with Gasteiger partial charge in [0, 0.05) is 7.11 Å². The Morgan fingerprint density at radius 2 is 1.37 bits per heavy atom. The highest BCUT2D eigenvalue weighted by Gasteiger charge is 2.57. The molecule has 0 aromatic heterocycles. The van der Waals surface area contributed by atoms with E-state index in [4.69, 9.17) is 23.8 Å². The number of carbonyl (C=O) groups is 2. The summed E-state index contributed by atoms with van der Waals surface area (Å²) in [6.45, 7) is 0.0546. The summed E-state index contributed by atoms with van der Waals surface area (Å²) in [4.78, 5) is 31.6. The van der Waals surface area contributed by atoms with E-state index < -0.39 is 35.9 Å². The number of methoxy groups -OCH3 is 1. The predicted molar refractivity (Wildman–Crippen MR) is 135 cm³/mol. The number of hydrogen-bond donors (Lipinski definition) is 1. The van der Waals surface area contributed by atoms with E-state index in [0.29, 0.717) is 5.06 Å². The highest BCUT2D eigenvalue weighted by atomic mass is 16.8. The average molecular weight is 520 g/mol. The lowest BCUT2D eigenvalue weighted by atomic mass is 9.96. The second-order valence-corrected chi connectivity index (χ2v) is 9.20. The topological polar surface area (TPSA) is 104 Å². The largest absolute Gasteiger partial charge is 0.385 e. The van der Waals surface area contributed by atoms with E-state index in [9.17, 15) is 14.7 Å². The summed E-state index contributed by atoms with van der Waals surface area (Å²) in [5.74, 6) is -1.15. The summed E-state index contributed by atoms with van der Waals surface area (Å²) < 4.78 is 23.7. The SMILES string of the molecule is COC1OC(COCc2ccccc2)(CON2C(=O)c3ccccc3C2=O)C(OCc2ccccc2)C1O.